The molecule has 0 aromatic heterocycles. The first-order valence-electron chi connectivity index (χ1n) is 7.94. The van der Waals surface area contributed by atoms with E-state index in [1.54, 1.807) is 0 Å². The van der Waals surface area contributed by atoms with Crippen molar-refractivity contribution in [3.63, 3.8) is 0 Å². The van der Waals surface area contributed by atoms with Crippen LogP contribution < -0.4 is 5.32 Å². The van der Waals surface area contributed by atoms with Crippen LogP contribution in [0.5, 0.6) is 0 Å². The molecule has 0 aromatic carbocycles. The maximum absolute atomic E-state index is 12.3. The SMILES string of the molecule is C#CCCC1(CCC(=O)NC2(C3CC3)CCOCC2)N=N1. The van der Waals surface area contributed by atoms with Gasteiger partial charge in [0.05, 0.1) is 0 Å². The Balaban J connectivity index is 1.48. The maximum atomic E-state index is 12.3. The van der Waals surface area contributed by atoms with Crippen LogP contribution in [0.1, 0.15) is 51.4 Å². The van der Waals surface area contributed by atoms with Crippen LogP contribution in [-0.2, 0) is 9.53 Å². The second-order valence-electron chi connectivity index (χ2n) is 6.48. The van der Waals surface area contributed by atoms with E-state index in [1.807, 2.05) is 0 Å². The molecule has 21 heavy (non-hydrogen) atoms. The molecule has 1 N–H and O–H groups in total. The van der Waals surface area contributed by atoms with Gasteiger partial charge in [0.2, 0.25) is 5.91 Å². The Morgan fingerprint density at radius 3 is 2.57 bits per heavy atom. The van der Waals surface area contributed by atoms with Crippen LogP contribution in [0.2, 0.25) is 0 Å². The minimum absolute atomic E-state index is 0.0147. The third kappa shape index (κ3) is 3.44. The van der Waals surface area contributed by atoms with Gasteiger partial charge < -0.3 is 10.1 Å². The lowest BCUT2D eigenvalue weighted by molar-refractivity contribution is -0.125. The normalized spacial score (nSPS) is 25.1. The molecular formula is C16H23N3O2. The highest BCUT2D eigenvalue weighted by atomic mass is 16.5. The Morgan fingerprint density at radius 2 is 2.00 bits per heavy atom. The van der Waals surface area contributed by atoms with Crippen molar-refractivity contribution in [2.45, 2.75) is 62.6 Å². The highest BCUT2D eigenvalue weighted by molar-refractivity contribution is 5.77. The predicted octanol–water partition coefficient (Wildman–Crippen LogP) is 2.42. The molecular weight excluding hydrogens is 266 g/mol. The first kappa shape index (κ1) is 14.5. The Kier molecular flexibility index (Phi) is 3.99. The molecule has 2 fully saturated rings. The highest BCUT2D eigenvalue weighted by Crippen LogP contribution is 2.45. The van der Waals surface area contributed by atoms with Crippen molar-refractivity contribution in [3.05, 3.63) is 0 Å². The van der Waals surface area contributed by atoms with Gasteiger partial charge >= 0.3 is 0 Å². The highest BCUT2D eigenvalue weighted by Gasteiger charge is 2.47. The summed E-state index contributed by atoms with van der Waals surface area (Å²) in [5, 5.41) is 11.5. The molecule has 0 unspecified atom stereocenters. The Bertz CT molecular complexity index is 464. The zero-order valence-corrected chi connectivity index (χ0v) is 12.4. The molecule has 114 valence electrons. The van der Waals surface area contributed by atoms with Crippen molar-refractivity contribution in [3.8, 4) is 12.3 Å². The molecule has 0 atom stereocenters. The first-order valence-corrected chi connectivity index (χ1v) is 7.94. The van der Waals surface area contributed by atoms with Gasteiger partial charge in [-0.25, -0.2) is 0 Å². The fourth-order valence-corrected chi connectivity index (χ4v) is 3.33. The molecule has 5 heteroatoms. The Morgan fingerprint density at radius 1 is 1.29 bits per heavy atom. The maximum Gasteiger partial charge on any atom is 0.220 e. The molecule has 1 saturated heterocycles. The zero-order chi connectivity index (χ0) is 14.8. The number of amides is 1. The summed E-state index contributed by atoms with van der Waals surface area (Å²) in [6.45, 7) is 1.51. The van der Waals surface area contributed by atoms with Gasteiger partial charge in [-0.1, -0.05) is 0 Å². The summed E-state index contributed by atoms with van der Waals surface area (Å²) in [5.41, 5.74) is -0.370. The number of ether oxygens (including phenoxy) is 1. The van der Waals surface area contributed by atoms with Gasteiger partial charge in [-0.15, -0.1) is 12.3 Å². The van der Waals surface area contributed by atoms with E-state index >= 15 is 0 Å². The molecule has 0 bridgehead atoms. The van der Waals surface area contributed by atoms with E-state index in [4.69, 9.17) is 11.2 Å². The van der Waals surface area contributed by atoms with Crippen LogP contribution in [0.25, 0.3) is 0 Å². The number of terminal acetylenes is 1. The van der Waals surface area contributed by atoms with E-state index in [9.17, 15) is 4.79 Å². The molecule has 1 amide bonds. The van der Waals surface area contributed by atoms with E-state index in [1.165, 1.54) is 12.8 Å². The number of nitrogens with one attached hydrogen (secondary N) is 1. The van der Waals surface area contributed by atoms with Gasteiger partial charge in [0, 0.05) is 44.4 Å². The summed E-state index contributed by atoms with van der Waals surface area (Å²) in [4.78, 5) is 12.3. The van der Waals surface area contributed by atoms with E-state index in [0.717, 1.165) is 32.5 Å². The Labute approximate surface area is 125 Å². The minimum Gasteiger partial charge on any atom is -0.381 e. The van der Waals surface area contributed by atoms with Crippen LogP contribution in [0.3, 0.4) is 0 Å². The van der Waals surface area contributed by atoms with Gasteiger partial charge in [-0.2, -0.15) is 10.2 Å². The Hall–Kier alpha value is -1.41. The van der Waals surface area contributed by atoms with Gasteiger partial charge in [-0.3, -0.25) is 4.79 Å². The van der Waals surface area contributed by atoms with Gasteiger partial charge in [-0.05, 0) is 31.6 Å². The third-order valence-corrected chi connectivity index (χ3v) is 4.94. The van der Waals surface area contributed by atoms with Crippen LogP contribution in [0.4, 0.5) is 0 Å². The summed E-state index contributed by atoms with van der Waals surface area (Å²) in [6, 6.07) is 0. The monoisotopic (exact) mass is 289 g/mol. The van der Waals surface area contributed by atoms with Crippen molar-refractivity contribution in [2.75, 3.05) is 13.2 Å². The fraction of sp³-hybridized carbons (Fsp3) is 0.812. The number of carbonyl (C=O) groups excluding carboxylic acids is 1. The fourth-order valence-electron chi connectivity index (χ4n) is 3.33. The van der Waals surface area contributed by atoms with Crippen molar-refractivity contribution < 1.29 is 9.53 Å². The second-order valence-corrected chi connectivity index (χ2v) is 6.48. The van der Waals surface area contributed by atoms with Crippen molar-refractivity contribution in [2.24, 2.45) is 16.1 Å². The number of rotatable bonds is 7. The lowest BCUT2D eigenvalue weighted by Crippen LogP contribution is -2.53. The average molecular weight is 289 g/mol. The molecule has 3 aliphatic rings. The van der Waals surface area contributed by atoms with Crippen LogP contribution in [0, 0.1) is 18.3 Å². The summed E-state index contributed by atoms with van der Waals surface area (Å²) < 4.78 is 5.45. The van der Waals surface area contributed by atoms with Gasteiger partial charge in [0.15, 0.2) is 5.66 Å². The lowest BCUT2D eigenvalue weighted by Gasteiger charge is -2.38. The third-order valence-electron chi connectivity index (χ3n) is 4.94. The molecule has 1 aliphatic carbocycles. The summed E-state index contributed by atoms with van der Waals surface area (Å²) in [6.07, 6.45) is 12.2. The molecule has 3 rings (SSSR count). The summed E-state index contributed by atoms with van der Waals surface area (Å²) in [5.74, 6) is 3.39. The van der Waals surface area contributed by atoms with Crippen LogP contribution in [0.15, 0.2) is 10.2 Å². The predicted molar refractivity (Wildman–Crippen MR) is 78.5 cm³/mol. The molecule has 0 spiro atoms. The molecule has 2 aliphatic heterocycles. The first-order chi connectivity index (χ1) is 10.2. The molecule has 5 nitrogen and oxygen atoms in total. The smallest absolute Gasteiger partial charge is 0.220 e. The average Bonchev–Trinajstić information content (AvgIpc) is 3.39. The molecule has 0 aromatic rings. The van der Waals surface area contributed by atoms with Crippen LogP contribution >= 0.6 is 0 Å². The standard InChI is InChI=1S/C16H23N3O2/c1-2-3-7-16(18-19-16)8-6-14(20)17-15(13-4-5-13)9-11-21-12-10-15/h1,13H,3-12H2,(H,17,20). The topological polar surface area (TPSA) is 63.0 Å². The van der Waals surface area contributed by atoms with Gasteiger partial charge in [0.1, 0.15) is 0 Å². The molecule has 2 heterocycles. The van der Waals surface area contributed by atoms with Crippen molar-refractivity contribution >= 4 is 5.91 Å². The van der Waals surface area contributed by atoms with Crippen LogP contribution in [-0.4, -0.2) is 30.3 Å². The number of nitrogens with zero attached hydrogens (tertiary/aromatic N) is 2. The second kappa shape index (κ2) is 5.76. The minimum atomic E-state index is -0.355. The molecule has 1 saturated carbocycles. The van der Waals surface area contributed by atoms with Crippen molar-refractivity contribution in [1.82, 2.24) is 5.32 Å². The number of hydrogen-bond donors (Lipinski definition) is 1. The quantitative estimate of drug-likeness (QED) is 0.732. The number of hydrogen-bond acceptors (Lipinski definition) is 4. The lowest BCUT2D eigenvalue weighted by atomic mass is 9.84. The number of carbonyl (C=O) groups is 1. The summed E-state index contributed by atoms with van der Waals surface area (Å²) in [7, 11) is 0. The van der Waals surface area contributed by atoms with Crippen molar-refractivity contribution in [1.29, 1.82) is 0 Å². The zero-order valence-electron chi connectivity index (χ0n) is 12.4. The summed E-state index contributed by atoms with van der Waals surface area (Å²) >= 11 is 0. The van der Waals surface area contributed by atoms with E-state index in [-0.39, 0.29) is 17.1 Å². The van der Waals surface area contributed by atoms with Gasteiger partial charge in [0.25, 0.3) is 0 Å². The van der Waals surface area contributed by atoms with E-state index in [2.05, 4.69) is 21.5 Å². The largest absolute Gasteiger partial charge is 0.381 e. The van der Waals surface area contributed by atoms with E-state index in [0.29, 0.717) is 25.2 Å². The molecule has 0 radical (unpaired) electrons. The van der Waals surface area contributed by atoms with E-state index < -0.39 is 0 Å².